The van der Waals surface area contributed by atoms with E-state index in [0.29, 0.717) is 30.1 Å². The van der Waals surface area contributed by atoms with Crippen molar-refractivity contribution in [2.24, 2.45) is 4.99 Å². The molecule has 4 rings (SSSR count). The number of aliphatic imine (C=N–C) groups is 1. The lowest BCUT2D eigenvalue weighted by Crippen LogP contribution is -2.38. The molecule has 0 bridgehead atoms. The molecule has 0 radical (unpaired) electrons. The minimum Gasteiger partial charge on any atom is -0.382 e. The predicted molar refractivity (Wildman–Crippen MR) is 142 cm³/mol. The smallest absolute Gasteiger partial charge is 0.185 e. The van der Waals surface area contributed by atoms with E-state index in [1.807, 2.05) is 26.0 Å². The Hall–Kier alpha value is -2.30. The second kappa shape index (κ2) is 13.7. The van der Waals surface area contributed by atoms with E-state index in [-0.39, 0.29) is 19.6 Å². The maximum atomic E-state index is 8.86. The topological polar surface area (TPSA) is 132 Å². The lowest BCUT2D eigenvalue weighted by molar-refractivity contribution is -0.0738. The molecule has 2 saturated heterocycles. The zero-order valence-corrected chi connectivity index (χ0v) is 23.2. The van der Waals surface area contributed by atoms with Crippen LogP contribution in [0.25, 0.3) is 11.2 Å². The molecule has 0 N–H and O–H groups in total. The van der Waals surface area contributed by atoms with Gasteiger partial charge in [0.1, 0.15) is 30.5 Å². The molecule has 2 aromatic heterocycles. The van der Waals surface area contributed by atoms with Gasteiger partial charge in [-0.3, -0.25) is 4.57 Å². The van der Waals surface area contributed by atoms with Gasteiger partial charge in [-0.15, -0.1) is 0 Å². The molecule has 0 aromatic carbocycles. The van der Waals surface area contributed by atoms with Crippen molar-refractivity contribution in [2.45, 2.75) is 43.8 Å². The molecule has 0 saturated carbocycles. The van der Waals surface area contributed by atoms with Gasteiger partial charge < -0.3 is 33.1 Å². The molecule has 2 aromatic rings. The number of likely N-dealkylation sites (N-methyl/N-ethyl adjacent to an activating group) is 1. The van der Waals surface area contributed by atoms with Crippen molar-refractivity contribution in [1.82, 2.24) is 29.3 Å². The molecule has 2 aliphatic rings. The summed E-state index contributed by atoms with van der Waals surface area (Å²) in [5.74, 6) is 1.44. The van der Waals surface area contributed by atoms with E-state index in [9.17, 15) is 0 Å². The number of nitrogens with zero attached hydrogens (tertiary/aromatic N) is 8. The summed E-state index contributed by atoms with van der Waals surface area (Å²) in [7, 11) is 3.06. The van der Waals surface area contributed by atoms with Crippen LogP contribution < -0.4 is 0 Å². The van der Waals surface area contributed by atoms with Crippen LogP contribution in [-0.4, -0.2) is 121 Å². The molecule has 38 heavy (non-hydrogen) atoms. The van der Waals surface area contributed by atoms with E-state index in [2.05, 4.69) is 25.9 Å². The van der Waals surface area contributed by atoms with Crippen molar-refractivity contribution in [1.29, 1.82) is 5.26 Å². The zero-order chi connectivity index (χ0) is 28.6. The van der Waals surface area contributed by atoms with Crippen LogP contribution in [-0.2, 0) is 23.3 Å². The number of methoxy groups -OCH3 is 1. The Kier molecular flexibility index (Phi) is 9.33. The number of aromatic nitrogens is 4. The number of rotatable bonds is 13. The average Bonchev–Trinajstić information content (AvgIpc) is 3.61. The highest BCUT2D eigenvalue weighted by molar-refractivity contribution is 7.46. The maximum absolute atomic E-state index is 8.86. The van der Waals surface area contributed by atoms with E-state index in [1.165, 1.54) is 6.33 Å². The molecular formula is C24H37N8O5P. The van der Waals surface area contributed by atoms with Gasteiger partial charge in [0, 0.05) is 40.3 Å². The number of nitriles is 1. The number of amidine groups is 1. The first-order valence-corrected chi connectivity index (χ1v) is 14.2. The minimum absolute atomic E-state index is 0.0550. The average molecular weight is 552 g/mol. The minimum atomic E-state index is -1.48. The normalized spacial score (nSPS) is 27.2. The highest BCUT2D eigenvalue weighted by atomic mass is 31.2. The molecule has 2 unspecified atom stereocenters. The van der Waals surface area contributed by atoms with Gasteiger partial charge >= 0.3 is 0 Å². The Morgan fingerprint density at radius 1 is 1.37 bits per heavy atom. The molecule has 0 amide bonds. The number of fused-ring (bicyclic) bond motifs is 1. The Balaban J connectivity index is 1.66. The van der Waals surface area contributed by atoms with Gasteiger partial charge in [-0.05, 0) is 20.5 Å². The van der Waals surface area contributed by atoms with Crippen molar-refractivity contribution in [3.05, 3.63) is 12.7 Å². The lowest BCUT2D eigenvalue weighted by Gasteiger charge is -2.27. The first-order valence-electron chi connectivity index (χ1n) is 13.7. The molecule has 14 heteroatoms. The summed E-state index contributed by atoms with van der Waals surface area (Å²) in [6.45, 7) is 4.01. The van der Waals surface area contributed by atoms with Crippen molar-refractivity contribution in [3.8, 4) is 6.07 Å². The van der Waals surface area contributed by atoms with Gasteiger partial charge in [-0.25, -0.2) is 19.9 Å². The largest absolute Gasteiger partial charge is 0.382 e. The third-order valence-electron chi connectivity index (χ3n) is 6.34. The monoisotopic (exact) mass is 551 g/mol. The third-order valence-corrected chi connectivity index (χ3v) is 7.42. The van der Waals surface area contributed by atoms with Gasteiger partial charge in [-0.2, -0.15) is 5.26 Å². The van der Waals surface area contributed by atoms with Gasteiger partial charge in [0.25, 0.3) is 0 Å². The fraction of sp³-hybridized carbons (Fsp3) is 0.708. The molecule has 0 spiro atoms. The van der Waals surface area contributed by atoms with Crippen molar-refractivity contribution in [2.75, 3.05) is 67.8 Å². The number of hydrogen-bond donors (Lipinski definition) is 0. The van der Waals surface area contributed by atoms with Crippen LogP contribution >= 0.6 is 8.38 Å². The van der Waals surface area contributed by atoms with Crippen LogP contribution in [0.3, 0.4) is 0 Å². The summed E-state index contributed by atoms with van der Waals surface area (Å²) in [6.07, 6.45) is 2.63. The Bertz CT molecular complexity index is 1180. The fourth-order valence-corrected chi connectivity index (χ4v) is 5.43. The van der Waals surface area contributed by atoms with E-state index in [0.717, 1.165) is 25.2 Å². The molecule has 4 heterocycles. The Morgan fingerprint density at radius 3 is 2.97 bits per heavy atom. The van der Waals surface area contributed by atoms with Crippen LogP contribution in [0.4, 0.5) is 5.82 Å². The Labute approximate surface area is 227 Å². The van der Waals surface area contributed by atoms with Gasteiger partial charge in [0.05, 0.1) is 41.4 Å². The van der Waals surface area contributed by atoms with Crippen LogP contribution in [0.15, 0.2) is 17.6 Å². The second-order valence-corrected chi connectivity index (χ2v) is 10.7. The summed E-state index contributed by atoms with van der Waals surface area (Å²) in [5, 5.41) is 8.86. The zero-order valence-electron chi connectivity index (χ0n) is 24.3. The second-order valence-electron chi connectivity index (χ2n) is 9.36. The van der Waals surface area contributed by atoms with Crippen LogP contribution in [0, 0.1) is 11.3 Å². The molecule has 2 fully saturated rings. The number of likely N-dealkylation sites (tertiary alicyclic amines) is 1. The fourth-order valence-electron chi connectivity index (χ4n) is 4.42. The number of ether oxygens (including phenoxy) is 3. The van der Waals surface area contributed by atoms with Gasteiger partial charge in [0.2, 0.25) is 0 Å². The van der Waals surface area contributed by atoms with Crippen molar-refractivity contribution >= 4 is 31.2 Å². The number of imidazole rings is 1. The molecule has 0 aliphatic carbocycles. The van der Waals surface area contributed by atoms with Crippen molar-refractivity contribution in [3.63, 3.8) is 0 Å². The molecule has 208 valence electrons. The molecular weight excluding hydrogens is 511 g/mol. The third kappa shape index (κ3) is 6.82. The van der Waals surface area contributed by atoms with E-state index in [1.54, 1.807) is 17.6 Å². The summed E-state index contributed by atoms with van der Waals surface area (Å²) in [5.41, 5.74) is 1.07. The van der Waals surface area contributed by atoms with E-state index < -0.39 is 40.0 Å². The lowest BCUT2D eigenvalue weighted by atomic mass is 10.1. The molecule has 13 nitrogen and oxygen atoms in total. The first-order chi connectivity index (χ1) is 19.3. The van der Waals surface area contributed by atoms with Crippen LogP contribution in [0.1, 0.15) is 28.2 Å². The van der Waals surface area contributed by atoms with E-state index in [4.69, 9.17) is 36.3 Å². The van der Waals surface area contributed by atoms with E-state index >= 15 is 0 Å². The summed E-state index contributed by atoms with van der Waals surface area (Å²) in [6, 6.07) is 2.06. The van der Waals surface area contributed by atoms with Gasteiger partial charge in [-0.1, -0.05) is 0 Å². The highest BCUT2D eigenvalue weighted by Gasteiger charge is 2.49. The van der Waals surface area contributed by atoms with Crippen LogP contribution in [0.5, 0.6) is 0 Å². The summed E-state index contributed by atoms with van der Waals surface area (Å²) in [4.78, 5) is 22.4. The molecule has 6 atom stereocenters. The van der Waals surface area contributed by atoms with Gasteiger partial charge in [0.15, 0.2) is 31.6 Å². The van der Waals surface area contributed by atoms with Crippen LogP contribution in [0.2, 0.25) is 0 Å². The van der Waals surface area contributed by atoms with Crippen molar-refractivity contribution < 1.29 is 26.0 Å². The summed E-state index contributed by atoms with van der Waals surface area (Å²) >= 11 is 0. The summed E-state index contributed by atoms with van der Waals surface area (Å²) < 4.78 is 46.9. The predicted octanol–water partition coefficient (Wildman–Crippen LogP) is 2.33. The Morgan fingerprint density at radius 2 is 2.24 bits per heavy atom. The number of hydrogen-bond acceptors (Lipinski definition) is 11. The standard InChI is InChI=1S/C24H37N8O5P/c1-30(2)11-13-34-21-20(37-38(5)35-12-7-9-25)17(14-33-4)36-24(21)32-16-28-19-22(26-15-27-23(19)32)29-18-8-6-10-31(18)3/h15-17,20-21,24H,6-8,10-14H2,1-5H3/b29-18-/t17-,20-,21-,24-,38?/m1/s1/i4TD/t4?,17-,20-,21-,24-,38?. The maximum Gasteiger partial charge on any atom is 0.185 e. The SMILES string of the molecule is [2H]C([3H])OC[C@H]1O[C@@H](n2cnc3c(/N=C4/CCCN4C)ncnc32)[C@H](OCCN(C)C)[C@@H]1OP(C)OCCC#N. The first kappa shape index (κ1) is 26.0. The highest BCUT2D eigenvalue weighted by Crippen LogP contribution is 2.44. The molecule has 2 aliphatic heterocycles. The quantitative estimate of drug-likeness (QED) is 0.268.